The lowest BCUT2D eigenvalue weighted by Gasteiger charge is -2.13. The molecule has 160 valence electrons. The maximum Gasteiger partial charge on any atom is 0.322 e. The second-order valence-corrected chi connectivity index (χ2v) is 7.03. The molecule has 0 atom stereocenters. The van der Waals surface area contributed by atoms with Crippen LogP contribution in [-0.4, -0.2) is 35.0 Å². The number of nitrogens with one attached hydrogen (secondary N) is 1. The third kappa shape index (κ3) is 3.37. The summed E-state index contributed by atoms with van der Waals surface area (Å²) in [6.45, 7) is 0. The van der Waals surface area contributed by atoms with Crippen molar-refractivity contribution >= 4 is 40.4 Å². The summed E-state index contributed by atoms with van der Waals surface area (Å²) in [7, 11) is 1.55. The first-order valence-electron chi connectivity index (χ1n) is 9.71. The number of aromatic nitrogens is 2. The first kappa shape index (κ1) is 19.5. The number of imide groups is 1. The number of methoxy groups -OCH3 is 1. The first-order chi connectivity index (χ1) is 15.5. The highest BCUT2D eigenvalue weighted by molar-refractivity contribution is 6.20. The molecule has 32 heavy (non-hydrogen) atoms. The zero-order chi connectivity index (χ0) is 22.2. The zero-order valence-corrected chi connectivity index (χ0v) is 16.8. The highest BCUT2D eigenvalue weighted by Crippen LogP contribution is 2.33. The minimum absolute atomic E-state index is 0.0972. The van der Waals surface area contributed by atoms with Crippen LogP contribution in [-0.2, 0) is 9.59 Å². The van der Waals surface area contributed by atoms with E-state index in [0.29, 0.717) is 28.3 Å². The molecular weight excluding hydrogens is 416 g/mol. The molecule has 0 saturated carbocycles. The van der Waals surface area contributed by atoms with E-state index in [1.165, 1.54) is 24.3 Å². The fraction of sp³-hybridized carbons (Fsp3) is 0.136. The Morgan fingerprint density at radius 2 is 1.78 bits per heavy atom. The number of hydrogen-bond acceptors (Lipinski definition) is 8. The van der Waals surface area contributed by atoms with Crippen LogP contribution in [0.15, 0.2) is 57.4 Å². The average molecular weight is 432 g/mol. The summed E-state index contributed by atoms with van der Waals surface area (Å²) in [4.78, 5) is 37.3. The van der Waals surface area contributed by atoms with Crippen LogP contribution >= 0.6 is 0 Å². The summed E-state index contributed by atoms with van der Waals surface area (Å²) >= 11 is 0. The molecule has 0 unspecified atom stereocenters. The van der Waals surface area contributed by atoms with Gasteiger partial charge in [-0.05, 0) is 36.4 Å². The van der Waals surface area contributed by atoms with Crippen LogP contribution in [0, 0.1) is 0 Å². The van der Waals surface area contributed by atoms with E-state index in [1.807, 2.05) is 12.1 Å². The van der Waals surface area contributed by atoms with Crippen molar-refractivity contribution < 1.29 is 28.0 Å². The highest BCUT2D eigenvalue weighted by Gasteiger charge is 2.30. The van der Waals surface area contributed by atoms with Crippen LogP contribution in [0.1, 0.15) is 23.2 Å². The van der Waals surface area contributed by atoms with E-state index in [9.17, 15) is 14.4 Å². The molecule has 1 saturated heterocycles. The van der Waals surface area contributed by atoms with E-state index in [4.69, 9.17) is 13.6 Å². The van der Waals surface area contributed by atoms with Gasteiger partial charge < -0.3 is 13.6 Å². The molecule has 3 amide bonds. The third-order valence-electron chi connectivity index (χ3n) is 5.02. The van der Waals surface area contributed by atoms with Crippen LogP contribution in [0.4, 0.5) is 11.7 Å². The largest absolute Gasteiger partial charge is 0.493 e. The second-order valence-electron chi connectivity index (χ2n) is 7.03. The lowest BCUT2D eigenvalue weighted by molar-refractivity contribution is -0.121. The van der Waals surface area contributed by atoms with E-state index in [0.717, 1.165) is 10.3 Å². The number of para-hydroxylation sites is 1. The molecule has 5 rings (SSSR count). The Hall–Kier alpha value is -4.47. The summed E-state index contributed by atoms with van der Waals surface area (Å²) in [5.74, 6) is 0.00373. The van der Waals surface area contributed by atoms with Gasteiger partial charge in [-0.2, -0.15) is 0 Å². The molecule has 1 N–H and O–H groups in total. The lowest BCUT2D eigenvalue weighted by Crippen LogP contribution is -2.28. The number of nitrogens with zero attached hydrogens (tertiary/aromatic N) is 3. The molecule has 10 nitrogen and oxygen atoms in total. The second kappa shape index (κ2) is 7.65. The number of benzene rings is 2. The van der Waals surface area contributed by atoms with Crippen molar-refractivity contribution in [2.75, 3.05) is 17.3 Å². The van der Waals surface area contributed by atoms with Crippen molar-refractivity contribution in [2.24, 2.45) is 0 Å². The topological polar surface area (TPSA) is 128 Å². The van der Waals surface area contributed by atoms with Gasteiger partial charge in [-0.1, -0.05) is 17.2 Å². The molecule has 0 spiro atoms. The van der Waals surface area contributed by atoms with Crippen molar-refractivity contribution in [1.82, 2.24) is 10.2 Å². The van der Waals surface area contributed by atoms with Gasteiger partial charge in [-0.3, -0.25) is 24.6 Å². The van der Waals surface area contributed by atoms with Gasteiger partial charge in [0.05, 0.1) is 12.8 Å². The number of carbonyl (C=O) groups excluding carboxylic acids is 3. The van der Waals surface area contributed by atoms with E-state index in [-0.39, 0.29) is 36.6 Å². The van der Waals surface area contributed by atoms with Gasteiger partial charge in [0.1, 0.15) is 0 Å². The molecule has 1 aliphatic heterocycles. The number of fused-ring (bicyclic) bond motifs is 1. The first-order valence-corrected chi connectivity index (χ1v) is 9.71. The van der Waals surface area contributed by atoms with Crippen LogP contribution in [0.2, 0.25) is 0 Å². The van der Waals surface area contributed by atoms with Crippen molar-refractivity contribution in [3.63, 3.8) is 0 Å². The van der Waals surface area contributed by atoms with Crippen LogP contribution < -0.4 is 15.0 Å². The molecule has 2 aromatic carbocycles. The van der Waals surface area contributed by atoms with E-state index in [2.05, 4.69) is 15.5 Å². The number of hydrogen-bond donors (Lipinski definition) is 1. The quantitative estimate of drug-likeness (QED) is 0.475. The summed E-state index contributed by atoms with van der Waals surface area (Å²) in [6.07, 6.45) is 0.386. The molecule has 0 aliphatic carbocycles. The fourth-order valence-electron chi connectivity index (χ4n) is 3.47. The minimum atomic E-state index is -0.489. The van der Waals surface area contributed by atoms with E-state index >= 15 is 0 Å². The average Bonchev–Trinajstić information content (AvgIpc) is 3.52. The maximum atomic E-state index is 12.5. The Morgan fingerprint density at radius 1 is 1.03 bits per heavy atom. The van der Waals surface area contributed by atoms with Crippen LogP contribution in [0.3, 0.4) is 0 Å². The van der Waals surface area contributed by atoms with Gasteiger partial charge in [0, 0.05) is 23.8 Å². The molecule has 0 bridgehead atoms. The number of carbonyl (C=O) groups is 3. The predicted octanol–water partition coefficient (Wildman–Crippen LogP) is 3.40. The normalized spacial score (nSPS) is 13.7. The molecule has 3 heterocycles. The molecule has 1 fully saturated rings. The third-order valence-corrected chi connectivity index (χ3v) is 5.02. The van der Waals surface area contributed by atoms with Gasteiger partial charge in [0.25, 0.3) is 11.8 Å². The standard InChI is InChI=1S/C22H16N4O6/c1-30-15-4-2-3-13-11-16(31-19(13)15)21-24-25-22(32-21)23-20(29)12-5-7-14(8-6-12)26-17(27)9-10-18(26)28/h2-8,11H,9-10H2,1H3,(H,23,25,29). The molecular formula is C22H16N4O6. The summed E-state index contributed by atoms with van der Waals surface area (Å²) in [5, 5.41) is 11.1. The highest BCUT2D eigenvalue weighted by atomic mass is 16.5. The smallest absolute Gasteiger partial charge is 0.322 e. The van der Waals surface area contributed by atoms with Gasteiger partial charge in [0.15, 0.2) is 17.1 Å². The van der Waals surface area contributed by atoms with E-state index in [1.54, 1.807) is 19.2 Å². The molecule has 10 heteroatoms. The SMILES string of the molecule is COc1cccc2cc(-c3nnc(NC(=O)c4ccc(N5C(=O)CCC5=O)cc4)o3)oc12. The molecule has 2 aromatic heterocycles. The number of anilines is 2. The minimum Gasteiger partial charge on any atom is -0.493 e. The summed E-state index contributed by atoms with van der Waals surface area (Å²) in [6, 6.07) is 13.2. The fourth-order valence-corrected chi connectivity index (χ4v) is 3.47. The Bertz CT molecular complexity index is 1340. The van der Waals surface area contributed by atoms with Gasteiger partial charge in [-0.25, -0.2) is 0 Å². The van der Waals surface area contributed by atoms with Crippen LogP contribution in [0.5, 0.6) is 5.75 Å². The van der Waals surface area contributed by atoms with E-state index < -0.39 is 5.91 Å². The summed E-state index contributed by atoms with van der Waals surface area (Å²) < 4.78 is 16.6. The summed E-state index contributed by atoms with van der Waals surface area (Å²) in [5.41, 5.74) is 1.26. The Balaban J connectivity index is 1.32. The van der Waals surface area contributed by atoms with Gasteiger partial charge in [-0.15, -0.1) is 5.10 Å². The number of amides is 3. The Labute approximate surface area is 180 Å². The molecule has 0 radical (unpaired) electrons. The maximum absolute atomic E-state index is 12.5. The Morgan fingerprint density at radius 3 is 2.50 bits per heavy atom. The predicted molar refractivity (Wildman–Crippen MR) is 112 cm³/mol. The molecule has 1 aliphatic rings. The van der Waals surface area contributed by atoms with Crippen LogP contribution in [0.25, 0.3) is 22.6 Å². The lowest BCUT2D eigenvalue weighted by atomic mass is 10.2. The van der Waals surface area contributed by atoms with Crippen molar-refractivity contribution in [3.8, 4) is 17.4 Å². The molecule has 4 aromatic rings. The number of ether oxygens (including phenoxy) is 1. The van der Waals surface area contributed by atoms with Crippen molar-refractivity contribution in [1.29, 1.82) is 0 Å². The Kier molecular flexibility index (Phi) is 4.66. The zero-order valence-electron chi connectivity index (χ0n) is 16.8. The van der Waals surface area contributed by atoms with Crippen molar-refractivity contribution in [3.05, 3.63) is 54.1 Å². The monoisotopic (exact) mass is 432 g/mol. The van der Waals surface area contributed by atoms with Crippen molar-refractivity contribution in [2.45, 2.75) is 12.8 Å². The number of furan rings is 1. The van der Waals surface area contributed by atoms with Gasteiger partial charge in [0.2, 0.25) is 11.8 Å². The number of rotatable bonds is 5. The van der Waals surface area contributed by atoms with Gasteiger partial charge >= 0.3 is 6.01 Å².